The summed E-state index contributed by atoms with van der Waals surface area (Å²) < 4.78 is 6.67. The number of aromatic nitrogens is 3. The molecule has 0 unspecified atom stereocenters. The Morgan fingerprint density at radius 2 is 1.93 bits per heavy atom. The van der Waals surface area contributed by atoms with Crippen LogP contribution in [0.4, 0.5) is 5.95 Å². The lowest BCUT2D eigenvalue weighted by Gasteiger charge is -2.13. The van der Waals surface area contributed by atoms with Crippen molar-refractivity contribution < 1.29 is 9.32 Å². The maximum absolute atomic E-state index is 12.6. The number of fused-ring (bicyclic) bond motifs is 1. The fourth-order valence-electron chi connectivity index (χ4n) is 2.87. The van der Waals surface area contributed by atoms with E-state index in [1.54, 1.807) is 48.5 Å². The van der Waals surface area contributed by atoms with Crippen LogP contribution in [0.3, 0.4) is 0 Å². The first kappa shape index (κ1) is 18.7. The van der Waals surface area contributed by atoms with E-state index in [9.17, 15) is 9.59 Å². The molecule has 8 nitrogen and oxygen atoms in total. The maximum atomic E-state index is 12.6. The van der Waals surface area contributed by atoms with Crippen molar-refractivity contribution in [3.63, 3.8) is 0 Å². The highest BCUT2D eigenvalue weighted by molar-refractivity contribution is 6.30. The molecule has 2 N–H and O–H groups in total. The number of hydrazine groups is 1. The molecular weight excluding hydrogens is 394 g/mol. The van der Waals surface area contributed by atoms with Gasteiger partial charge >= 0.3 is 0 Å². The van der Waals surface area contributed by atoms with E-state index in [4.69, 9.17) is 16.1 Å². The van der Waals surface area contributed by atoms with Gasteiger partial charge in [0.05, 0.1) is 10.9 Å². The second-order valence-electron chi connectivity index (χ2n) is 6.16. The number of halogens is 1. The number of carbonyl (C=O) groups excluding carboxylic acids is 1. The molecule has 0 atom stereocenters. The summed E-state index contributed by atoms with van der Waals surface area (Å²) in [5.74, 6) is 0.131. The first-order valence-corrected chi connectivity index (χ1v) is 9.23. The van der Waals surface area contributed by atoms with Crippen LogP contribution < -0.4 is 16.4 Å². The normalized spacial score (nSPS) is 10.8. The van der Waals surface area contributed by atoms with Crippen LogP contribution in [-0.2, 0) is 6.54 Å². The van der Waals surface area contributed by atoms with Crippen LogP contribution in [-0.4, -0.2) is 20.6 Å². The monoisotopic (exact) mass is 409 g/mol. The Hall–Kier alpha value is -3.65. The third-order valence-corrected chi connectivity index (χ3v) is 4.59. The van der Waals surface area contributed by atoms with Gasteiger partial charge in [0, 0.05) is 23.2 Å². The SMILES string of the molecule is CCn1c(NNC(=O)c2cc(-c3ccc(Cl)cc3)on2)nc2ccccc2c1=O. The van der Waals surface area contributed by atoms with Crippen molar-refractivity contribution >= 4 is 34.4 Å². The number of nitrogens with one attached hydrogen (secondary N) is 2. The summed E-state index contributed by atoms with van der Waals surface area (Å²) in [5.41, 5.74) is 6.36. The van der Waals surface area contributed by atoms with Crippen LogP contribution >= 0.6 is 11.6 Å². The van der Waals surface area contributed by atoms with E-state index in [2.05, 4.69) is 21.0 Å². The molecule has 0 aliphatic rings. The number of rotatable bonds is 5. The zero-order chi connectivity index (χ0) is 20.4. The predicted octanol–water partition coefficient (Wildman–Crippen LogP) is 3.48. The molecule has 0 radical (unpaired) electrons. The minimum atomic E-state index is -0.529. The fraction of sp³-hybridized carbons (Fsp3) is 0.100. The highest BCUT2D eigenvalue weighted by Crippen LogP contribution is 2.22. The molecule has 2 aromatic heterocycles. The van der Waals surface area contributed by atoms with Crippen molar-refractivity contribution in [1.29, 1.82) is 0 Å². The average molecular weight is 410 g/mol. The molecule has 9 heteroatoms. The molecule has 0 aliphatic carbocycles. The van der Waals surface area contributed by atoms with E-state index in [1.165, 1.54) is 10.6 Å². The summed E-state index contributed by atoms with van der Waals surface area (Å²) in [6, 6.07) is 15.5. The topological polar surface area (TPSA) is 102 Å². The summed E-state index contributed by atoms with van der Waals surface area (Å²) in [4.78, 5) is 29.5. The van der Waals surface area contributed by atoms with E-state index in [-0.39, 0.29) is 17.2 Å². The van der Waals surface area contributed by atoms with Crippen LogP contribution in [0.1, 0.15) is 17.4 Å². The fourth-order valence-corrected chi connectivity index (χ4v) is 2.99. The van der Waals surface area contributed by atoms with Crippen LogP contribution in [0.5, 0.6) is 0 Å². The standard InChI is InChI=1S/C20H16ClN5O3/c1-2-26-19(28)14-5-3-4-6-15(14)22-20(26)24-23-18(27)16-11-17(29-25-16)12-7-9-13(21)10-8-12/h3-11H,2H2,1H3,(H,22,24)(H,23,27). The van der Waals surface area contributed by atoms with Crippen molar-refractivity contribution in [2.75, 3.05) is 5.43 Å². The molecule has 29 heavy (non-hydrogen) atoms. The molecule has 146 valence electrons. The molecule has 0 saturated heterocycles. The van der Waals surface area contributed by atoms with E-state index < -0.39 is 5.91 Å². The highest BCUT2D eigenvalue weighted by Gasteiger charge is 2.15. The summed E-state index contributed by atoms with van der Waals surface area (Å²) in [7, 11) is 0. The molecule has 0 saturated carbocycles. The van der Waals surface area contributed by atoms with Crippen molar-refractivity contribution in [2.24, 2.45) is 0 Å². The van der Waals surface area contributed by atoms with Crippen LogP contribution in [0, 0.1) is 0 Å². The van der Waals surface area contributed by atoms with Gasteiger partial charge in [0.2, 0.25) is 5.95 Å². The van der Waals surface area contributed by atoms with Crippen LogP contribution in [0.2, 0.25) is 5.02 Å². The van der Waals surface area contributed by atoms with Gasteiger partial charge < -0.3 is 4.52 Å². The maximum Gasteiger partial charge on any atom is 0.291 e. The largest absolute Gasteiger partial charge is 0.355 e. The summed E-state index contributed by atoms with van der Waals surface area (Å²) >= 11 is 5.88. The molecule has 0 spiro atoms. The van der Waals surface area contributed by atoms with E-state index in [1.807, 2.05) is 6.92 Å². The van der Waals surface area contributed by atoms with Gasteiger partial charge in [-0.25, -0.2) is 4.98 Å². The molecule has 2 heterocycles. The van der Waals surface area contributed by atoms with Crippen LogP contribution in [0.15, 0.2) is 63.9 Å². The van der Waals surface area contributed by atoms with Crippen molar-refractivity contribution in [2.45, 2.75) is 13.5 Å². The molecule has 0 bridgehead atoms. The van der Waals surface area contributed by atoms with Gasteiger partial charge in [0.15, 0.2) is 11.5 Å². The van der Waals surface area contributed by atoms with Gasteiger partial charge in [0.25, 0.3) is 11.5 Å². The number of para-hydroxylation sites is 1. The molecule has 4 aromatic rings. The molecule has 0 fully saturated rings. The van der Waals surface area contributed by atoms with Gasteiger partial charge in [-0.15, -0.1) is 0 Å². The minimum absolute atomic E-state index is 0.0774. The summed E-state index contributed by atoms with van der Waals surface area (Å²) in [6.07, 6.45) is 0. The zero-order valence-corrected chi connectivity index (χ0v) is 16.1. The highest BCUT2D eigenvalue weighted by atomic mass is 35.5. The average Bonchev–Trinajstić information content (AvgIpc) is 3.23. The Bertz CT molecular complexity index is 1250. The number of amides is 1. The third kappa shape index (κ3) is 3.70. The van der Waals surface area contributed by atoms with Crippen molar-refractivity contribution in [3.8, 4) is 11.3 Å². The number of anilines is 1. The van der Waals surface area contributed by atoms with Crippen molar-refractivity contribution in [3.05, 3.63) is 75.7 Å². The van der Waals surface area contributed by atoms with E-state index >= 15 is 0 Å². The first-order chi connectivity index (χ1) is 14.1. The number of hydrogen-bond acceptors (Lipinski definition) is 6. The number of benzene rings is 2. The molecule has 0 aliphatic heterocycles. The predicted molar refractivity (Wildman–Crippen MR) is 110 cm³/mol. The Labute approximate surface area is 170 Å². The molecule has 1 amide bonds. The Morgan fingerprint density at radius 3 is 2.69 bits per heavy atom. The first-order valence-electron chi connectivity index (χ1n) is 8.85. The van der Waals surface area contributed by atoms with E-state index in [0.717, 1.165) is 5.56 Å². The Balaban J connectivity index is 1.54. The Morgan fingerprint density at radius 1 is 1.17 bits per heavy atom. The number of nitrogens with zero attached hydrogens (tertiary/aromatic N) is 3. The molecule has 2 aromatic carbocycles. The summed E-state index contributed by atoms with van der Waals surface area (Å²) in [5, 5.41) is 4.90. The lowest BCUT2D eigenvalue weighted by Crippen LogP contribution is -2.34. The number of hydrogen-bond donors (Lipinski definition) is 2. The smallest absolute Gasteiger partial charge is 0.291 e. The van der Waals surface area contributed by atoms with E-state index in [0.29, 0.717) is 28.2 Å². The Kier molecular flexibility index (Phi) is 5.01. The number of carbonyl (C=O) groups is 1. The molecular formula is C20H16ClN5O3. The third-order valence-electron chi connectivity index (χ3n) is 4.34. The quantitative estimate of drug-likeness (QED) is 0.489. The van der Waals surface area contributed by atoms with Gasteiger partial charge in [-0.2, -0.15) is 0 Å². The second-order valence-corrected chi connectivity index (χ2v) is 6.60. The van der Waals surface area contributed by atoms with Gasteiger partial charge in [-0.3, -0.25) is 25.0 Å². The van der Waals surface area contributed by atoms with Crippen LogP contribution in [0.25, 0.3) is 22.2 Å². The molecule has 4 rings (SSSR count). The second kappa shape index (κ2) is 7.76. The summed E-state index contributed by atoms with van der Waals surface area (Å²) in [6.45, 7) is 2.21. The lowest BCUT2D eigenvalue weighted by atomic mass is 10.1. The van der Waals surface area contributed by atoms with Crippen molar-refractivity contribution in [1.82, 2.24) is 20.1 Å². The van der Waals surface area contributed by atoms with Gasteiger partial charge in [0.1, 0.15) is 0 Å². The van der Waals surface area contributed by atoms with Gasteiger partial charge in [-0.05, 0) is 43.3 Å². The zero-order valence-electron chi connectivity index (χ0n) is 15.3. The minimum Gasteiger partial charge on any atom is -0.355 e. The lowest BCUT2D eigenvalue weighted by molar-refractivity contribution is 0.0953. The van der Waals surface area contributed by atoms with Gasteiger partial charge in [-0.1, -0.05) is 28.9 Å².